The number of aromatic nitrogens is 1. The second-order valence-electron chi connectivity index (χ2n) is 3.73. The van der Waals surface area contributed by atoms with Crippen LogP contribution in [0.4, 0.5) is 5.82 Å². The highest BCUT2D eigenvalue weighted by Crippen LogP contribution is 2.15. The second kappa shape index (κ2) is 4.30. The van der Waals surface area contributed by atoms with Gasteiger partial charge in [-0.05, 0) is 19.1 Å². The first-order valence-electron chi connectivity index (χ1n) is 5.18. The number of rotatable bonds is 2. The van der Waals surface area contributed by atoms with Crippen molar-refractivity contribution in [3.8, 4) is 0 Å². The molecule has 0 aromatic carbocycles. The lowest BCUT2D eigenvalue weighted by atomic mass is 10.2. The van der Waals surface area contributed by atoms with Crippen molar-refractivity contribution < 1.29 is 9.59 Å². The molecule has 1 aliphatic heterocycles. The summed E-state index contributed by atoms with van der Waals surface area (Å²) >= 11 is 0. The van der Waals surface area contributed by atoms with E-state index in [4.69, 9.17) is 0 Å². The molecule has 1 N–H and O–H groups in total. The minimum Gasteiger partial charge on any atom is -0.353 e. The fourth-order valence-electron chi connectivity index (χ4n) is 1.73. The Kier molecular flexibility index (Phi) is 2.85. The maximum atomic E-state index is 11.5. The molecular weight excluding hydrogens is 206 g/mol. The zero-order valence-corrected chi connectivity index (χ0v) is 9.01. The van der Waals surface area contributed by atoms with Crippen molar-refractivity contribution in [2.24, 2.45) is 0 Å². The van der Waals surface area contributed by atoms with Crippen LogP contribution in [0.5, 0.6) is 0 Å². The minimum atomic E-state index is -0.219. The molecule has 0 spiro atoms. The van der Waals surface area contributed by atoms with Crippen LogP contribution in [0.15, 0.2) is 18.3 Å². The van der Waals surface area contributed by atoms with E-state index in [0.717, 1.165) is 18.6 Å². The summed E-state index contributed by atoms with van der Waals surface area (Å²) < 4.78 is 0. The molecule has 16 heavy (non-hydrogen) atoms. The van der Waals surface area contributed by atoms with Gasteiger partial charge in [0.15, 0.2) is 6.29 Å². The van der Waals surface area contributed by atoms with Gasteiger partial charge in [-0.25, -0.2) is 4.98 Å². The average Bonchev–Trinajstić information content (AvgIpc) is 2.33. The number of carbonyl (C=O) groups excluding carboxylic acids is 2. The lowest BCUT2D eigenvalue weighted by Crippen LogP contribution is -2.54. The molecule has 0 saturated carbocycles. The van der Waals surface area contributed by atoms with Crippen molar-refractivity contribution in [3.63, 3.8) is 0 Å². The van der Waals surface area contributed by atoms with E-state index in [-0.39, 0.29) is 11.9 Å². The largest absolute Gasteiger partial charge is 0.353 e. The fourth-order valence-corrected chi connectivity index (χ4v) is 1.73. The molecule has 1 aromatic heterocycles. The SMILES string of the molecule is CC1C(=O)NCCN1c1ccc(C=O)cn1. The van der Waals surface area contributed by atoms with E-state index in [9.17, 15) is 9.59 Å². The number of hydrogen-bond acceptors (Lipinski definition) is 4. The summed E-state index contributed by atoms with van der Waals surface area (Å²) in [5, 5.41) is 2.79. The predicted molar refractivity (Wildman–Crippen MR) is 59.4 cm³/mol. The maximum Gasteiger partial charge on any atom is 0.242 e. The third kappa shape index (κ3) is 1.88. The number of aldehydes is 1. The van der Waals surface area contributed by atoms with Crippen LogP contribution in [0, 0.1) is 0 Å². The Balaban J connectivity index is 2.22. The Hall–Kier alpha value is -1.91. The van der Waals surface area contributed by atoms with Crippen molar-refractivity contribution in [1.82, 2.24) is 10.3 Å². The van der Waals surface area contributed by atoms with E-state index in [2.05, 4.69) is 10.3 Å². The van der Waals surface area contributed by atoms with Gasteiger partial charge in [0.05, 0.1) is 0 Å². The van der Waals surface area contributed by atoms with Gasteiger partial charge in [0.25, 0.3) is 0 Å². The molecule has 1 unspecified atom stereocenters. The number of carbonyl (C=O) groups is 2. The number of hydrogen-bond donors (Lipinski definition) is 1. The highest BCUT2D eigenvalue weighted by Gasteiger charge is 2.26. The van der Waals surface area contributed by atoms with Crippen molar-refractivity contribution in [2.75, 3.05) is 18.0 Å². The van der Waals surface area contributed by atoms with Gasteiger partial charge in [-0.1, -0.05) is 0 Å². The maximum absolute atomic E-state index is 11.5. The minimum absolute atomic E-state index is 0.00696. The van der Waals surface area contributed by atoms with Crippen molar-refractivity contribution in [3.05, 3.63) is 23.9 Å². The number of piperazine rings is 1. The standard InChI is InChI=1S/C11H13N3O2/c1-8-11(16)12-4-5-14(8)10-3-2-9(7-15)6-13-10/h2-3,6-8H,4-5H2,1H3,(H,12,16). The van der Waals surface area contributed by atoms with E-state index in [0.29, 0.717) is 12.1 Å². The first-order valence-corrected chi connectivity index (χ1v) is 5.18. The van der Waals surface area contributed by atoms with Gasteiger partial charge < -0.3 is 10.2 Å². The zero-order valence-electron chi connectivity index (χ0n) is 9.01. The quantitative estimate of drug-likeness (QED) is 0.723. The normalized spacial score (nSPS) is 20.4. The van der Waals surface area contributed by atoms with Gasteiger partial charge in [0.1, 0.15) is 11.9 Å². The zero-order chi connectivity index (χ0) is 11.5. The summed E-state index contributed by atoms with van der Waals surface area (Å²) in [6, 6.07) is 3.25. The molecule has 0 radical (unpaired) electrons. The summed E-state index contributed by atoms with van der Waals surface area (Å²) in [5.74, 6) is 0.737. The third-order valence-corrected chi connectivity index (χ3v) is 2.70. The molecule has 5 nitrogen and oxygen atoms in total. The Labute approximate surface area is 93.5 Å². The Morgan fingerprint density at radius 2 is 2.38 bits per heavy atom. The van der Waals surface area contributed by atoms with Crippen LogP contribution in [0.3, 0.4) is 0 Å². The van der Waals surface area contributed by atoms with Gasteiger partial charge in [0, 0.05) is 24.8 Å². The van der Waals surface area contributed by atoms with Gasteiger partial charge in [0.2, 0.25) is 5.91 Å². The summed E-state index contributed by atoms with van der Waals surface area (Å²) in [6.45, 7) is 3.20. The lowest BCUT2D eigenvalue weighted by molar-refractivity contribution is -0.122. The molecule has 1 fully saturated rings. The topological polar surface area (TPSA) is 62.3 Å². The summed E-state index contributed by atoms with van der Waals surface area (Å²) in [4.78, 5) is 28.1. The van der Waals surface area contributed by atoms with E-state index < -0.39 is 0 Å². The second-order valence-corrected chi connectivity index (χ2v) is 3.73. The molecular formula is C11H13N3O2. The monoisotopic (exact) mass is 219 g/mol. The average molecular weight is 219 g/mol. The van der Waals surface area contributed by atoms with Crippen LogP contribution in [0.2, 0.25) is 0 Å². The molecule has 1 amide bonds. The fraction of sp³-hybridized carbons (Fsp3) is 0.364. The lowest BCUT2D eigenvalue weighted by Gasteiger charge is -2.33. The molecule has 0 bridgehead atoms. The number of nitrogens with zero attached hydrogens (tertiary/aromatic N) is 2. The van der Waals surface area contributed by atoms with Crippen LogP contribution in [0.1, 0.15) is 17.3 Å². The molecule has 0 aliphatic carbocycles. The molecule has 1 atom stereocenters. The van der Waals surface area contributed by atoms with Crippen molar-refractivity contribution >= 4 is 18.0 Å². The molecule has 2 heterocycles. The molecule has 2 rings (SSSR count). The van der Waals surface area contributed by atoms with Gasteiger partial charge in [-0.3, -0.25) is 9.59 Å². The van der Waals surface area contributed by atoms with Gasteiger partial charge in [-0.15, -0.1) is 0 Å². The van der Waals surface area contributed by atoms with E-state index in [1.807, 2.05) is 11.8 Å². The van der Waals surface area contributed by atoms with Gasteiger partial charge >= 0.3 is 0 Å². The summed E-state index contributed by atoms with van der Waals surface area (Å²) in [7, 11) is 0. The van der Waals surface area contributed by atoms with Gasteiger partial charge in [-0.2, -0.15) is 0 Å². The summed E-state index contributed by atoms with van der Waals surface area (Å²) in [6.07, 6.45) is 2.27. The number of pyridine rings is 1. The number of nitrogens with one attached hydrogen (secondary N) is 1. The molecule has 5 heteroatoms. The highest BCUT2D eigenvalue weighted by molar-refractivity contribution is 5.85. The van der Waals surface area contributed by atoms with Crippen LogP contribution < -0.4 is 10.2 Å². The number of amides is 1. The van der Waals surface area contributed by atoms with Crippen LogP contribution >= 0.6 is 0 Å². The van der Waals surface area contributed by atoms with Crippen molar-refractivity contribution in [2.45, 2.75) is 13.0 Å². The molecule has 84 valence electrons. The molecule has 1 aliphatic rings. The van der Waals surface area contributed by atoms with E-state index in [1.165, 1.54) is 6.20 Å². The first-order chi connectivity index (χ1) is 7.72. The summed E-state index contributed by atoms with van der Waals surface area (Å²) in [5.41, 5.74) is 0.540. The molecule has 1 saturated heterocycles. The smallest absolute Gasteiger partial charge is 0.242 e. The first kappa shape index (κ1) is 10.6. The van der Waals surface area contributed by atoms with Crippen LogP contribution in [-0.2, 0) is 4.79 Å². The Morgan fingerprint density at radius 3 is 3.00 bits per heavy atom. The van der Waals surface area contributed by atoms with Crippen LogP contribution in [-0.4, -0.2) is 36.3 Å². The predicted octanol–water partition coefficient (Wildman–Crippen LogP) is 0.219. The Bertz CT molecular complexity index is 402. The van der Waals surface area contributed by atoms with Crippen molar-refractivity contribution in [1.29, 1.82) is 0 Å². The number of anilines is 1. The molecule has 1 aromatic rings. The van der Waals surface area contributed by atoms with E-state index in [1.54, 1.807) is 12.1 Å². The van der Waals surface area contributed by atoms with Crippen LogP contribution in [0.25, 0.3) is 0 Å². The van der Waals surface area contributed by atoms with E-state index >= 15 is 0 Å². The Morgan fingerprint density at radius 1 is 1.56 bits per heavy atom. The third-order valence-electron chi connectivity index (χ3n) is 2.70. The highest BCUT2D eigenvalue weighted by atomic mass is 16.2.